The summed E-state index contributed by atoms with van der Waals surface area (Å²) in [5, 5.41) is 0.199. The van der Waals surface area contributed by atoms with Crippen LogP contribution in [0.3, 0.4) is 0 Å². The van der Waals surface area contributed by atoms with Crippen molar-refractivity contribution in [1.82, 2.24) is 9.97 Å². The van der Waals surface area contributed by atoms with Crippen molar-refractivity contribution in [2.45, 2.75) is 20.8 Å². The van der Waals surface area contributed by atoms with Crippen LogP contribution in [0.25, 0.3) is 0 Å². The third kappa shape index (κ3) is 2.94. The van der Waals surface area contributed by atoms with Gasteiger partial charge in [0.2, 0.25) is 11.2 Å². The molecule has 1 heterocycles. The summed E-state index contributed by atoms with van der Waals surface area (Å²) in [5.74, 6) is 1.26. The summed E-state index contributed by atoms with van der Waals surface area (Å²) in [4.78, 5) is 8.02. The van der Waals surface area contributed by atoms with Crippen molar-refractivity contribution in [3.8, 4) is 11.6 Å². The van der Waals surface area contributed by atoms with Crippen molar-refractivity contribution in [3.05, 3.63) is 46.4 Å². The molecule has 0 spiro atoms. The van der Waals surface area contributed by atoms with Crippen molar-refractivity contribution >= 4 is 11.6 Å². The van der Waals surface area contributed by atoms with Gasteiger partial charge in [0.05, 0.1) is 0 Å². The quantitative estimate of drug-likeness (QED) is 0.758. The smallest absolute Gasteiger partial charge is 0.225 e. The Morgan fingerprint density at radius 1 is 1.06 bits per heavy atom. The third-order valence-electron chi connectivity index (χ3n) is 2.36. The van der Waals surface area contributed by atoms with E-state index in [2.05, 4.69) is 9.97 Å². The molecule has 0 saturated carbocycles. The monoisotopic (exact) mass is 248 g/mol. The summed E-state index contributed by atoms with van der Waals surface area (Å²) in [6.45, 7) is 5.86. The number of benzene rings is 1. The molecule has 0 amide bonds. The van der Waals surface area contributed by atoms with Gasteiger partial charge in [-0.15, -0.1) is 0 Å². The van der Waals surface area contributed by atoms with Crippen LogP contribution in [-0.2, 0) is 0 Å². The zero-order chi connectivity index (χ0) is 12.4. The Kier molecular flexibility index (Phi) is 3.29. The third-order valence-corrected chi connectivity index (χ3v) is 2.53. The van der Waals surface area contributed by atoms with Crippen molar-refractivity contribution in [2.75, 3.05) is 0 Å². The molecule has 0 aliphatic heterocycles. The Morgan fingerprint density at radius 3 is 2.53 bits per heavy atom. The first-order valence-electron chi connectivity index (χ1n) is 5.31. The molecule has 0 bridgehead atoms. The van der Waals surface area contributed by atoms with Crippen molar-refractivity contribution in [3.63, 3.8) is 0 Å². The molecule has 0 aliphatic rings. The van der Waals surface area contributed by atoms with Gasteiger partial charge in [0, 0.05) is 11.8 Å². The number of aryl methyl sites for hydroxylation is 3. The molecule has 0 radical (unpaired) electrons. The van der Waals surface area contributed by atoms with Gasteiger partial charge in [-0.3, -0.25) is 0 Å². The van der Waals surface area contributed by atoms with E-state index in [0.717, 1.165) is 22.6 Å². The highest BCUT2D eigenvalue weighted by Gasteiger charge is 2.05. The summed E-state index contributed by atoms with van der Waals surface area (Å²) < 4.78 is 5.72. The molecular formula is C13H13ClN2O. The number of hydrogen-bond acceptors (Lipinski definition) is 3. The number of rotatable bonds is 2. The second-order valence-corrected chi connectivity index (χ2v) is 4.33. The van der Waals surface area contributed by atoms with Crippen molar-refractivity contribution in [1.29, 1.82) is 0 Å². The topological polar surface area (TPSA) is 35.0 Å². The molecule has 3 nitrogen and oxygen atoms in total. The molecule has 1 aromatic carbocycles. The van der Waals surface area contributed by atoms with E-state index in [1.165, 1.54) is 0 Å². The Balaban J connectivity index is 2.34. The van der Waals surface area contributed by atoms with Crippen LogP contribution in [0.15, 0.2) is 24.3 Å². The van der Waals surface area contributed by atoms with Gasteiger partial charge >= 0.3 is 0 Å². The average molecular weight is 249 g/mol. The number of nitrogens with zero attached hydrogens (tertiary/aromatic N) is 2. The van der Waals surface area contributed by atoms with E-state index in [9.17, 15) is 0 Å². The SMILES string of the molecule is Cc1ccc(C)c(Oc2cc(C)nc(Cl)n2)c1. The van der Waals surface area contributed by atoms with E-state index < -0.39 is 0 Å². The second-order valence-electron chi connectivity index (χ2n) is 3.99. The summed E-state index contributed by atoms with van der Waals surface area (Å²) in [6, 6.07) is 7.79. The van der Waals surface area contributed by atoms with Gasteiger partial charge < -0.3 is 4.74 Å². The minimum atomic E-state index is 0.199. The molecule has 88 valence electrons. The maximum Gasteiger partial charge on any atom is 0.225 e. The van der Waals surface area contributed by atoms with Crippen LogP contribution < -0.4 is 4.74 Å². The molecule has 0 N–H and O–H groups in total. The maximum absolute atomic E-state index is 5.79. The molecule has 0 aliphatic carbocycles. The number of ether oxygens (including phenoxy) is 1. The van der Waals surface area contributed by atoms with Gasteiger partial charge in [0.25, 0.3) is 0 Å². The van der Waals surface area contributed by atoms with E-state index in [-0.39, 0.29) is 5.28 Å². The van der Waals surface area contributed by atoms with Crippen LogP contribution in [0.5, 0.6) is 11.6 Å². The lowest BCUT2D eigenvalue weighted by Gasteiger charge is -2.09. The van der Waals surface area contributed by atoms with Gasteiger partial charge in [-0.25, -0.2) is 4.98 Å². The second kappa shape index (κ2) is 4.72. The van der Waals surface area contributed by atoms with Crippen molar-refractivity contribution in [2.24, 2.45) is 0 Å². The highest BCUT2D eigenvalue weighted by Crippen LogP contribution is 2.25. The minimum Gasteiger partial charge on any atom is -0.439 e. The lowest BCUT2D eigenvalue weighted by atomic mass is 10.1. The first-order chi connectivity index (χ1) is 8.04. The molecular weight excluding hydrogens is 236 g/mol. The Hall–Kier alpha value is -1.61. The Morgan fingerprint density at radius 2 is 1.82 bits per heavy atom. The molecule has 2 rings (SSSR count). The fraction of sp³-hybridized carbons (Fsp3) is 0.231. The van der Waals surface area contributed by atoms with E-state index in [4.69, 9.17) is 16.3 Å². The van der Waals surface area contributed by atoms with E-state index in [0.29, 0.717) is 5.88 Å². The van der Waals surface area contributed by atoms with E-state index in [1.807, 2.05) is 39.0 Å². The predicted molar refractivity (Wildman–Crippen MR) is 67.8 cm³/mol. The normalized spacial score (nSPS) is 10.4. The highest BCUT2D eigenvalue weighted by molar-refractivity contribution is 6.28. The molecule has 0 saturated heterocycles. The zero-order valence-corrected chi connectivity index (χ0v) is 10.7. The number of halogens is 1. The van der Waals surface area contributed by atoms with Crippen LogP contribution in [0.4, 0.5) is 0 Å². The maximum atomic E-state index is 5.79. The molecule has 4 heteroatoms. The lowest BCUT2D eigenvalue weighted by Crippen LogP contribution is -1.94. The summed E-state index contributed by atoms with van der Waals surface area (Å²) in [7, 11) is 0. The molecule has 2 aromatic rings. The summed E-state index contributed by atoms with van der Waals surface area (Å²) >= 11 is 5.79. The number of hydrogen-bond donors (Lipinski definition) is 0. The van der Waals surface area contributed by atoms with Gasteiger partial charge in [-0.1, -0.05) is 12.1 Å². The van der Waals surface area contributed by atoms with Crippen LogP contribution in [-0.4, -0.2) is 9.97 Å². The Bertz CT molecular complexity index is 535. The zero-order valence-electron chi connectivity index (χ0n) is 9.99. The van der Waals surface area contributed by atoms with Crippen LogP contribution in [0, 0.1) is 20.8 Å². The molecule has 0 atom stereocenters. The fourth-order valence-electron chi connectivity index (χ4n) is 1.49. The van der Waals surface area contributed by atoms with E-state index >= 15 is 0 Å². The predicted octanol–water partition coefficient (Wildman–Crippen LogP) is 3.85. The first kappa shape index (κ1) is 11.9. The molecule has 1 aromatic heterocycles. The minimum absolute atomic E-state index is 0.199. The fourth-order valence-corrected chi connectivity index (χ4v) is 1.70. The van der Waals surface area contributed by atoms with Crippen LogP contribution in [0.2, 0.25) is 5.28 Å². The molecule has 17 heavy (non-hydrogen) atoms. The largest absolute Gasteiger partial charge is 0.439 e. The first-order valence-corrected chi connectivity index (χ1v) is 5.69. The highest BCUT2D eigenvalue weighted by atomic mass is 35.5. The standard InChI is InChI=1S/C13H13ClN2O/c1-8-4-5-9(2)11(6-8)17-12-7-10(3)15-13(14)16-12/h4-7H,1-3H3. The summed E-state index contributed by atoms with van der Waals surface area (Å²) in [6.07, 6.45) is 0. The van der Waals surface area contributed by atoms with Crippen LogP contribution in [0.1, 0.15) is 16.8 Å². The van der Waals surface area contributed by atoms with Crippen molar-refractivity contribution < 1.29 is 4.74 Å². The van der Waals surface area contributed by atoms with Gasteiger partial charge in [0.1, 0.15) is 5.75 Å². The van der Waals surface area contributed by atoms with Gasteiger partial charge in [-0.2, -0.15) is 4.98 Å². The van der Waals surface area contributed by atoms with E-state index in [1.54, 1.807) is 6.07 Å². The van der Waals surface area contributed by atoms with Gasteiger partial charge in [0.15, 0.2) is 0 Å². The summed E-state index contributed by atoms with van der Waals surface area (Å²) in [5.41, 5.74) is 2.98. The Labute approximate surface area is 105 Å². The average Bonchev–Trinajstić information content (AvgIpc) is 2.22. The number of aromatic nitrogens is 2. The molecule has 0 unspecified atom stereocenters. The van der Waals surface area contributed by atoms with Gasteiger partial charge in [-0.05, 0) is 49.6 Å². The van der Waals surface area contributed by atoms with Crippen LogP contribution >= 0.6 is 11.6 Å². The lowest BCUT2D eigenvalue weighted by molar-refractivity contribution is 0.457. The molecule has 0 fully saturated rings.